The molecule has 0 aromatic heterocycles. The normalized spacial score (nSPS) is 14.0. The maximum atomic E-state index is 12.9. The lowest BCUT2D eigenvalue weighted by Gasteiger charge is -2.31. The smallest absolute Gasteiger partial charge is 0.373 e. The summed E-state index contributed by atoms with van der Waals surface area (Å²) in [5, 5.41) is 11.9. The van der Waals surface area contributed by atoms with Crippen molar-refractivity contribution in [3.63, 3.8) is 0 Å². The van der Waals surface area contributed by atoms with Gasteiger partial charge in [-0.15, -0.1) is 0 Å². The van der Waals surface area contributed by atoms with Crippen molar-refractivity contribution in [1.82, 2.24) is 5.32 Å². The van der Waals surface area contributed by atoms with Crippen LogP contribution in [0.4, 0.5) is 23.7 Å². The highest BCUT2D eigenvalue weighted by molar-refractivity contribution is 6.42. The minimum atomic E-state index is -5.27. The van der Waals surface area contributed by atoms with Gasteiger partial charge in [-0.1, -0.05) is 30.1 Å². The number of nitrogens with zero attached hydrogens (tertiary/aromatic N) is 1. The zero-order chi connectivity index (χ0) is 18.7. The van der Waals surface area contributed by atoms with Gasteiger partial charge in [0, 0.05) is 6.54 Å². The number of halogens is 5. The van der Waals surface area contributed by atoms with E-state index in [9.17, 15) is 27.9 Å². The van der Waals surface area contributed by atoms with Crippen LogP contribution in [0.15, 0.2) is 18.2 Å². The molecule has 1 atom stereocenters. The first-order valence-corrected chi connectivity index (χ1v) is 7.55. The Morgan fingerprint density at radius 2 is 1.83 bits per heavy atom. The first kappa shape index (κ1) is 20.5. The van der Waals surface area contributed by atoms with E-state index in [0.29, 0.717) is 6.42 Å². The first-order valence-electron chi connectivity index (χ1n) is 6.80. The lowest BCUT2D eigenvalue weighted by atomic mass is 10.0. The van der Waals surface area contributed by atoms with Gasteiger partial charge in [-0.05, 0) is 31.5 Å². The monoisotopic (exact) mass is 386 g/mol. The number of carbonyl (C=O) groups is 2. The molecule has 3 amide bonds. The molecule has 0 aliphatic carbocycles. The third kappa shape index (κ3) is 4.31. The summed E-state index contributed by atoms with van der Waals surface area (Å²) in [5.41, 5.74) is -4.02. The molecule has 0 radical (unpaired) electrons. The Bertz CT molecular complexity index is 636. The third-order valence-corrected chi connectivity index (χ3v) is 3.80. The number of urea groups is 1. The molecule has 134 valence electrons. The summed E-state index contributed by atoms with van der Waals surface area (Å²) in [5.74, 6) is -1.86. The molecule has 0 saturated carbocycles. The second kappa shape index (κ2) is 7.58. The summed E-state index contributed by atoms with van der Waals surface area (Å²) >= 11 is 11.5. The summed E-state index contributed by atoms with van der Waals surface area (Å²) in [4.78, 5) is 24.6. The topological polar surface area (TPSA) is 69.6 Å². The van der Waals surface area contributed by atoms with Crippen LogP contribution in [0.3, 0.4) is 0 Å². The van der Waals surface area contributed by atoms with Gasteiger partial charge >= 0.3 is 12.2 Å². The SMILES string of the molecule is CCCNC(=O)N(C(=O)C(C)(O)C(F)(F)F)c1ccc(Cl)c(Cl)c1. The molecule has 0 aliphatic heterocycles. The fourth-order valence-electron chi connectivity index (χ4n) is 1.60. The maximum Gasteiger partial charge on any atom is 0.426 e. The predicted octanol–water partition coefficient (Wildman–Crippen LogP) is 3.76. The molecule has 2 N–H and O–H groups in total. The molecule has 0 aliphatic rings. The number of rotatable bonds is 4. The van der Waals surface area contributed by atoms with Gasteiger partial charge < -0.3 is 10.4 Å². The van der Waals surface area contributed by atoms with Crippen LogP contribution in [0.2, 0.25) is 10.0 Å². The van der Waals surface area contributed by atoms with E-state index in [1.165, 1.54) is 6.07 Å². The number of nitrogens with one attached hydrogen (secondary N) is 1. The molecular formula is C14H15Cl2F3N2O3. The lowest BCUT2D eigenvalue weighted by Crippen LogP contribution is -2.59. The molecule has 0 bridgehead atoms. The average Bonchev–Trinajstić information content (AvgIpc) is 2.47. The minimum absolute atomic E-state index is 0.0677. The molecule has 0 saturated heterocycles. The summed E-state index contributed by atoms with van der Waals surface area (Å²) < 4.78 is 38.8. The Balaban J connectivity index is 3.35. The zero-order valence-electron chi connectivity index (χ0n) is 12.7. The van der Waals surface area contributed by atoms with Crippen molar-refractivity contribution >= 4 is 40.8 Å². The van der Waals surface area contributed by atoms with Gasteiger partial charge in [0.15, 0.2) is 0 Å². The quantitative estimate of drug-likeness (QED) is 0.827. The first-order chi connectivity index (χ1) is 10.9. The van der Waals surface area contributed by atoms with Crippen molar-refractivity contribution < 1.29 is 27.9 Å². The summed E-state index contributed by atoms with van der Waals surface area (Å²) in [6.07, 6.45) is -4.78. The van der Waals surface area contributed by atoms with Crippen molar-refractivity contribution in [2.45, 2.75) is 32.0 Å². The standard InChI is InChI=1S/C14H15Cl2F3N2O3/c1-3-6-20-12(23)21(8-4-5-9(15)10(16)7-8)11(22)13(2,24)14(17,18)19/h4-5,7,24H,3,6H2,1-2H3,(H,20,23). The Hall–Kier alpha value is -1.51. The molecule has 1 unspecified atom stereocenters. The zero-order valence-corrected chi connectivity index (χ0v) is 14.3. The number of amides is 3. The highest BCUT2D eigenvalue weighted by Crippen LogP contribution is 2.34. The number of aliphatic hydroxyl groups is 1. The van der Waals surface area contributed by atoms with E-state index < -0.39 is 23.7 Å². The molecule has 5 nitrogen and oxygen atoms in total. The van der Waals surface area contributed by atoms with E-state index in [-0.39, 0.29) is 34.1 Å². The second-order valence-electron chi connectivity index (χ2n) is 5.04. The second-order valence-corrected chi connectivity index (χ2v) is 5.86. The van der Waals surface area contributed by atoms with Gasteiger partial charge in [0.2, 0.25) is 5.60 Å². The van der Waals surface area contributed by atoms with Gasteiger partial charge in [-0.2, -0.15) is 13.2 Å². The molecule has 0 fully saturated rings. The predicted molar refractivity (Wildman–Crippen MR) is 84.3 cm³/mol. The van der Waals surface area contributed by atoms with E-state index in [2.05, 4.69) is 5.32 Å². The fourth-order valence-corrected chi connectivity index (χ4v) is 1.89. The highest BCUT2D eigenvalue weighted by atomic mass is 35.5. The number of imide groups is 1. The average molecular weight is 387 g/mol. The van der Waals surface area contributed by atoms with E-state index >= 15 is 0 Å². The Labute approximate surface area is 146 Å². The molecular weight excluding hydrogens is 372 g/mol. The van der Waals surface area contributed by atoms with Crippen molar-refractivity contribution in [3.05, 3.63) is 28.2 Å². The van der Waals surface area contributed by atoms with Gasteiger partial charge in [-0.3, -0.25) is 4.79 Å². The molecule has 24 heavy (non-hydrogen) atoms. The molecule has 0 heterocycles. The number of carbonyl (C=O) groups excluding carboxylic acids is 2. The number of anilines is 1. The molecule has 1 aromatic carbocycles. The third-order valence-electron chi connectivity index (χ3n) is 3.06. The Kier molecular flexibility index (Phi) is 6.49. The number of alkyl halides is 3. The summed E-state index contributed by atoms with van der Waals surface area (Å²) in [6.45, 7) is 2.11. The van der Waals surface area contributed by atoms with Gasteiger partial charge in [-0.25, -0.2) is 9.69 Å². The van der Waals surface area contributed by atoms with Crippen LogP contribution < -0.4 is 10.2 Å². The van der Waals surface area contributed by atoms with Gasteiger partial charge in [0.05, 0.1) is 15.7 Å². The van der Waals surface area contributed by atoms with Crippen LogP contribution in [0.5, 0.6) is 0 Å². The maximum absolute atomic E-state index is 12.9. The molecule has 0 spiro atoms. The van der Waals surface area contributed by atoms with Crippen molar-refractivity contribution in [3.8, 4) is 0 Å². The van der Waals surface area contributed by atoms with E-state index in [1.807, 2.05) is 0 Å². The van der Waals surface area contributed by atoms with Crippen LogP contribution in [0, 0.1) is 0 Å². The van der Waals surface area contributed by atoms with Gasteiger partial charge in [0.1, 0.15) is 0 Å². The van der Waals surface area contributed by atoms with Crippen LogP contribution in [0.25, 0.3) is 0 Å². The molecule has 1 aromatic rings. The highest BCUT2D eigenvalue weighted by Gasteiger charge is 2.58. The van der Waals surface area contributed by atoms with Crippen LogP contribution in [-0.4, -0.2) is 35.4 Å². The summed E-state index contributed by atoms with van der Waals surface area (Å²) in [6, 6.07) is 2.29. The Morgan fingerprint density at radius 1 is 1.25 bits per heavy atom. The molecule has 10 heteroatoms. The van der Waals surface area contributed by atoms with Gasteiger partial charge in [0.25, 0.3) is 5.91 Å². The molecule has 1 rings (SSSR count). The van der Waals surface area contributed by atoms with E-state index in [1.54, 1.807) is 6.92 Å². The van der Waals surface area contributed by atoms with Crippen LogP contribution >= 0.6 is 23.2 Å². The van der Waals surface area contributed by atoms with Crippen LogP contribution in [-0.2, 0) is 4.79 Å². The fraction of sp³-hybridized carbons (Fsp3) is 0.429. The largest absolute Gasteiger partial charge is 0.426 e. The van der Waals surface area contributed by atoms with Crippen molar-refractivity contribution in [2.75, 3.05) is 11.4 Å². The Morgan fingerprint density at radius 3 is 2.29 bits per heavy atom. The number of hydrogen-bond donors (Lipinski definition) is 2. The minimum Gasteiger partial charge on any atom is -0.373 e. The lowest BCUT2D eigenvalue weighted by molar-refractivity contribution is -0.243. The number of benzene rings is 1. The van der Waals surface area contributed by atoms with Crippen molar-refractivity contribution in [2.24, 2.45) is 0 Å². The number of hydrogen-bond acceptors (Lipinski definition) is 3. The van der Waals surface area contributed by atoms with Crippen molar-refractivity contribution in [1.29, 1.82) is 0 Å². The van der Waals surface area contributed by atoms with E-state index in [0.717, 1.165) is 12.1 Å². The summed E-state index contributed by atoms with van der Waals surface area (Å²) in [7, 11) is 0. The van der Waals surface area contributed by atoms with Crippen LogP contribution in [0.1, 0.15) is 20.3 Å². The van der Waals surface area contributed by atoms with E-state index in [4.69, 9.17) is 23.2 Å².